The van der Waals surface area contributed by atoms with Gasteiger partial charge in [0.15, 0.2) is 0 Å². The molecule has 1 atom stereocenters. The largest absolute Gasteiger partial charge is 0.309 e. The summed E-state index contributed by atoms with van der Waals surface area (Å²) in [5.74, 6) is 0. The van der Waals surface area contributed by atoms with Crippen LogP contribution in [-0.2, 0) is 5.41 Å². The molecule has 288 valence electrons. The van der Waals surface area contributed by atoms with Gasteiger partial charge in [-0.05, 0) is 115 Å². The van der Waals surface area contributed by atoms with Crippen molar-refractivity contribution < 1.29 is 0 Å². The van der Waals surface area contributed by atoms with Crippen LogP contribution in [0.2, 0.25) is 0 Å². The topological polar surface area (TPSA) is 3.24 Å². The average molecular weight is 778 g/mol. The van der Waals surface area contributed by atoms with Crippen molar-refractivity contribution in [3.05, 3.63) is 259 Å². The number of benzene rings is 10. The van der Waals surface area contributed by atoms with Gasteiger partial charge in [-0.15, -0.1) is 0 Å². The van der Waals surface area contributed by atoms with Gasteiger partial charge in [0.05, 0.1) is 11.4 Å². The Bertz CT molecular complexity index is 3180. The molecule has 0 N–H and O–H groups in total. The van der Waals surface area contributed by atoms with E-state index in [4.69, 9.17) is 0 Å². The lowest BCUT2D eigenvalue weighted by Gasteiger charge is -2.31. The highest BCUT2D eigenvalue weighted by atomic mass is 15.1. The monoisotopic (exact) mass is 777 g/mol. The van der Waals surface area contributed by atoms with Crippen molar-refractivity contribution in [2.75, 3.05) is 4.90 Å². The zero-order valence-corrected chi connectivity index (χ0v) is 34.0. The van der Waals surface area contributed by atoms with Crippen LogP contribution in [0.25, 0.3) is 66.4 Å². The van der Waals surface area contributed by atoms with Gasteiger partial charge >= 0.3 is 0 Å². The van der Waals surface area contributed by atoms with Gasteiger partial charge < -0.3 is 4.90 Å². The number of para-hydroxylation sites is 1. The van der Waals surface area contributed by atoms with Crippen LogP contribution in [0, 0.1) is 0 Å². The quantitative estimate of drug-likeness (QED) is 0.149. The summed E-state index contributed by atoms with van der Waals surface area (Å²) in [5, 5.41) is 2.50. The van der Waals surface area contributed by atoms with Crippen molar-refractivity contribution in [1.82, 2.24) is 0 Å². The van der Waals surface area contributed by atoms with Crippen molar-refractivity contribution >= 4 is 27.8 Å². The SMILES string of the molecule is CC1(c2ccccc2)c2ccccc2-c2c(N(c3ccc(-c4cccc(-c5ccccc5)c4)cc3)c3ccccc3-c3ccc(-c4ccc5ccccc5c4)cc3)cccc21. The Kier molecular flexibility index (Phi) is 9.02. The smallest absolute Gasteiger partial charge is 0.0543 e. The number of nitrogens with zero attached hydrogens (tertiary/aromatic N) is 1. The third-order valence-electron chi connectivity index (χ3n) is 12.8. The van der Waals surface area contributed by atoms with E-state index in [0.717, 1.165) is 17.1 Å². The normalized spacial score (nSPS) is 14.0. The van der Waals surface area contributed by atoms with Gasteiger partial charge in [-0.3, -0.25) is 0 Å². The zero-order chi connectivity index (χ0) is 40.8. The molecule has 11 rings (SSSR count). The molecule has 10 aromatic carbocycles. The second-order valence-corrected chi connectivity index (χ2v) is 16.2. The fourth-order valence-corrected chi connectivity index (χ4v) is 9.63. The summed E-state index contributed by atoms with van der Waals surface area (Å²) in [6.45, 7) is 2.39. The highest BCUT2D eigenvalue weighted by Gasteiger charge is 2.42. The summed E-state index contributed by atoms with van der Waals surface area (Å²) in [4.78, 5) is 2.49. The summed E-state index contributed by atoms with van der Waals surface area (Å²) in [5.41, 5.74) is 19.1. The van der Waals surface area contributed by atoms with E-state index < -0.39 is 0 Å². The summed E-state index contributed by atoms with van der Waals surface area (Å²) in [7, 11) is 0. The molecule has 1 heteroatoms. The maximum Gasteiger partial charge on any atom is 0.0543 e. The molecule has 0 heterocycles. The van der Waals surface area contributed by atoms with Gasteiger partial charge in [-0.1, -0.05) is 206 Å². The fraction of sp³-hybridized carbons (Fsp3) is 0.0333. The minimum absolute atomic E-state index is 0.319. The van der Waals surface area contributed by atoms with E-state index in [0.29, 0.717) is 0 Å². The summed E-state index contributed by atoms with van der Waals surface area (Å²) in [6, 6.07) is 88.8. The van der Waals surface area contributed by atoms with Crippen LogP contribution in [-0.4, -0.2) is 0 Å². The molecule has 0 spiro atoms. The first-order chi connectivity index (χ1) is 30.1. The average Bonchev–Trinajstić information content (AvgIpc) is 3.61. The predicted molar refractivity (Wildman–Crippen MR) is 258 cm³/mol. The highest BCUT2D eigenvalue weighted by molar-refractivity contribution is 5.99. The lowest BCUT2D eigenvalue weighted by molar-refractivity contribution is 0.714. The molecule has 0 bridgehead atoms. The second-order valence-electron chi connectivity index (χ2n) is 16.2. The number of fused-ring (bicyclic) bond motifs is 4. The molecular weight excluding hydrogens is 735 g/mol. The van der Waals surface area contributed by atoms with Crippen LogP contribution in [0.4, 0.5) is 17.1 Å². The molecule has 0 fully saturated rings. The molecule has 0 saturated carbocycles. The van der Waals surface area contributed by atoms with Crippen LogP contribution >= 0.6 is 0 Å². The van der Waals surface area contributed by atoms with Gasteiger partial charge in [0.1, 0.15) is 0 Å². The Balaban J connectivity index is 1.07. The molecule has 1 aliphatic rings. The van der Waals surface area contributed by atoms with Gasteiger partial charge in [-0.25, -0.2) is 0 Å². The lowest BCUT2D eigenvalue weighted by Crippen LogP contribution is -2.22. The fourth-order valence-electron chi connectivity index (χ4n) is 9.63. The van der Waals surface area contributed by atoms with E-state index in [1.165, 1.54) is 83.1 Å². The molecule has 61 heavy (non-hydrogen) atoms. The maximum atomic E-state index is 2.49. The first kappa shape index (κ1) is 36.3. The zero-order valence-electron chi connectivity index (χ0n) is 34.0. The molecule has 1 nitrogen and oxygen atoms in total. The van der Waals surface area contributed by atoms with Crippen LogP contribution in [0.15, 0.2) is 243 Å². The number of hydrogen-bond acceptors (Lipinski definition) is 1. The standard InChI is InChI=1S/C60H43N/c1-60(51-22-6-3-7-23-51)55-26-12-10-25-54(55)59-56(60)27-15-29-58(59)61(52-38-36-45(37-39-52)49-21-14-20-48(40-49)42-16-4-2-5-17-42)57-28-13-11-24-53(57)46-33-30-44(31-34-46)50-35-32-43-18-8-9-19-47(43)41-50/h2-41H,1H3. The van der Waals surface area contributed by atoms with E-state index >= 15 is 0 Å². The minimum Gasteiger partial charge on any atom is -0.309 e. The van der Waals surface area contributed by atoms with E-state index in [1.807, 2.05) is 0 Å². The number of anilines is 3. The van der Waals surface area contributed by atoms with Gasteiger partial charge in [0, 0.05) is 22.2 Å². The number of rotatable bonds is 8. The third kappa shape index (κ3) is 6.34. The highest BCUT2D eigenvalue weighted by Crippen LogP contribution is 2.57. The summed E-state index contributed by atoms with van der Waals surface area (Å²) >= 11 is 0. The molecule has 0 aliphatic heterocycles. The van der Waals surface area contributed by atoms with Crippen LogP contribution in [0.1, 0.15) is 23.6 Å². The molecule has 0 saturated heterocycles. The first-order valence-corrected chi connectivity index (χ1v) is 21.2. The Morgan fingerprint density at radius 1 is 0.311 bits per heavy atom. The molecule has 1 aliphatic carbocycles. The van der Waals surface area contributed by atoms with Crippen molar-refractivity contribution in [2.24, 2.45) is 0 Å². The Hall–Kier alpha value is -7.74. The predicted octanol–water partition coefficient (Wildman–Crippen LogP) is 16.3. The van der Waals surface area contributed by atoms with Crippen LogP contribution < -0.4 is 4.90 Å². The Morgan fingerprint density at radius 2 is 0.803 bits per heavy atom. The molecule has 1 unspecified atom stereocenters. The second kappa shape index (κ2) is 15.1. The van der Waals surface area contributed by atoms with E-state index in [1.54, 1.807) is 0 Å². The van der Waals surface area contributed by atoms with Crippen molar-refractivity contribution in [2.45, 2.75) is 12.3 Å². The summed E-state index contributed by atoms with van der Waals surface area (Å²) < 4.78 is 0. The third-order valence-corrected chi connectivity index (χ3v) is 12.8. The lowest BCUT2D eigenvalue weighted by atomic mass is 9.74. The molecule has 0 amide bonds. The van der Waals surface area contributed by atoms with E-state index in [9.17, 15) is 0 Å². The van der Waals surface area contributed by atoms with Gasteiger partial charge in [-0.2, -0.15) is 0 Å². The Labute approximate surface area is 358 Å². The van der Waals surface area contributed by atoms with Gasteiger partial charge in [0.25, 0.3) is 0 Å². The minimum atomic E-state index is -0.319. The number of hydrogen-bond donors (Lipinski definition) is 0. The van der Waals surface area contributed by atoms with Crippen molar-refractivity contribution in [1.29, 1.82) is 0 Å². The Morgan fingerprint density at radius 3 is 1.56 bits per heavy atom. The van der Waals surface area contributed by atoms with Crippen LogP contribution in [0.5, 0.6) is 0 Å². The maximum absolute atomic E-state index is 2.49. The molecule has 0 radical (unpaired) electrons. The van der Waals surface area contributed by atoms with E-state index in [2.05, 4.69) is 254 Å². The van der Waals surface area contributed by atoms with E-state index in [-0.39, 0.29) is 5.41 Å². The molecule has 0 aromatic heterocycles. The molecular formula is C60H43N. The van der Waals surface area contributed by atoms with Crippen LogP contribution in [0.3, 0.4) is 0 Å². The summed E-state index contributed by atoms with van der Waals surface area (Å²) in [6.07, 6.45) is 0. The van der Waals surface area contributed by atoms with Crippen molar-refractivity contribution in [3.8, 4) is 55.6 Å². The van der Waals surface area contributed by atoms with Gasteiger partial charge in [0.2, 0.25) is 0 Å². The van der Waals surface area contributed by atoms with Crippen molar-refractivity contribution in [3.63, 3.8) is 0 Å². The molecule has 10 aromatic rings. The first-order valence-electron chi connectivity index (χ1n) is 21.2.